The highest BCUT2D eigenvalue weighted by atomic mass is 16.6. The Labute approximate surface area is 120 Å². The van der Waals surface area contributed by atoms with E-state index in [0.29, 0.717) is 30.5 Å². The number of rotatable bonds is 5. The molecule has 3 heterocycles. The van der Waals surface area contributed by atoms with Gasteiger partial charge in [-0.3, -0.25) is 0 Å². The normalized spacial score (nSPS) is 10.8. The number of anilines is 1. The Bertz CT molecular complexity index is 757. The summed E-state index contributed by atoms with van der Waals surface area (Å²) < 4.78 is 10.00. The number of nitrogens with one attached hydrogen (secondary N) is 1. The van der Waals surface area contributed by atoms with Crippen molar-refractivity contribution in [2.45, 2.75) is 13.8 Å². The van der Waals surface area contributed by atoms with Gasteiger partial charge in [-0.1, -0.05) is 5.16 Å². The van der Waals surface area contributed by atoms with Crippen molar-refractivity contribution in [2.75, 3.05) is 18.5 Å². The summed E-state index contributed by atoms with van der Waals surface area (Å²) in [7, 11) is 0. The van der Waals surface area contributed by atoms with Crippen molar-refractivity contribution in [3.05, 3.63) is 29.8 Å². The Morgan fingerprint density at radius 3 is 2.90 bits per heavy atom. The summed E-state index contributed by atoms with van der Waals surface area (Å²) in [6.45, 7) is 4.66. The second-order valence-electron chi connectivity index (χ2n) is 4.47. The predicted molar refractivity (Wildman–Crippen MR) is 75.1 cm³/mol. The molecule has 8 heteroatoms. The molecular formula is C13H14N6O2. The first-order valence-electron chi connectivity index (χ1n) is 6.48. The molecule has 3 aromatic heterocycles. The van der Waals surface area contributed by atoms with Crippen LogP contribution in [0.2, 0.25) is 0 Å². The number of aromatic nitrogens is 5. The lowest BCUT2D eigenvalue weighted by molar-refractivity contribution is 0.261. The zero-order valence-electron chi connectivity index (χ0n) is 11.7. The van der Waals surface area contributed by atoms with Gasteiger partial charge < -0.3 is 10.1 Å². The summed E-state index contributed by atoms with van der Waals surface area (Å²) in [5.74, 6) is 1.08. The van der Waals surface area contributed by atoms with Crippen LogP contribution in [0.25, 0.3) is 11.0 Å². The number of fused-ring (bicyclic) bond motifs is 1. The summed E-state index contributed by atoms with van der Waals surface area (Å²) in [6, 6.07) is 3.84. The van der Waals surface area contributed by atoms with E-state index in [1.807, 2.05) is 19.1 Å². The molecule has 0 atom stereocenters. The Hall–Kier alpha value is -2.77. The third kappa shape index (κ3) is 2.88. The van der Waals surface area contributed by atoms with Gasteiger partial charge in [0.15, 0.2) is 5.82 Å². The molecule has 0 saturated heterocycles. The van der Waals surface area contributed by atoms with Gasteiger partial charge in [-0.25, -0.2) is 19.6 Å². The van der Waals surface area contributed by atoms with E-state index in [2.05, 4.69) is 35.2 Å². The molecule has 3 rings (SSSR count). The lowest BCUT2D eigenvalue weighted by Gasteiger charge is -2.08. The number of pyridine rings is 1. The van der Waals surface area contributed by atoms with Gasteiger partial charge in [-0.05, 0) is 31.1 Å². The Balaban J connectivity index is 1.65. The van der Waals surface area contributed by atoms with E-state index < -0.39 is 0 Å². The first-order chi connectivity index (χ1) is 10.2. The minimum atomic E-state index is 0.401. The standard InChI is InChI=1S/C13H14N6O2/c1-8-3-4-10-11(17-8)12(16-7-15-10)14-5-6-20-13-9(2)18-21-19-13/h3-4,7H,5-6H2,1-2H3,(H,14,15,16). The topological polar surface area (TPSA) is 98.9 Å². The molecule has 0 aliphatic carbocycles. The molecule has 0 spiro atoms. The molecule has 0 amide bonds. The maximum Gasteiger partial charge on any atom is 0.278 e. The fourth-order valence-corrected chi connectivity index (χ4v) is 1.84. The molecule has 0 aromatic carbocycles. The first-order valence-corrected chi connectivity index (χ1v) is 6.48. The molecular weight excluding hydrogens is 272 g/mol. The highest BCUT2D eigenvalue weighted by Crippen LogP contribution is 2.16. The number of aryl methyl sites for hydroxylation is 2. The molecule has 1 N–H and O–H groups in total. The fraction of sp³-hybridized carbons (Fsp3) is 0.308. The average molecular weight is 286 g/mol. The molecule has 0 fully saturated rings. The zero-order valence-corrected chi connectivity index (χ0v) is 11.7. The second-order valence-corrected chi connectivity index (χ2v) is 4.47. The molecule has 0 aliphatic rings. The molecule has 0 saturated carbocycles. The number of ether oxygens (including phenoxy) is 1. The van der Waals surface area contributed by atoms with Crippen molar-refractivity contribution in [3.8, 4) is 5.88 Å². The smallest absolute Gasteiger partial charge is 0.278 e. The van der Waals surface area contributed by atoms with Crippen molar-refractivity contribution >= 4 is 16.9 Å². The van der Waals surface area contributed by atoms with Gasteiger partial charge in [0.2, 0.25) is 0 Å². The summed E-state index contributed by atoms with van der Waals surface area (Å²) in [5.41, 5.74) is 3.09. The van der Waals surface area contributed by atoms with Crippen LogP contribution in [0, 0.1) is 13.8 Å². The minimum Gasteiger partial charge on any atom is -0.472 e. The number of hydrogen-bond donors (Lipinski definition) is 1. The maximum absolute atomic E-state index is 5.44. The Kier molecular flexibility index (Phi) is 3.59. The van der Waals surface area contributed by atoms with Gasteiger partial charge in [-0.15, -0.1) is 0 Å². The Morgan fingerprint density at radius 1 is 1.19 bits per heavy atom. The molecule has 0 aliphatic heterocycles. The molecule has 8 nitrogen and oxygen atoms in total. The largest absolute Gasteiger partial charge is 0.472 e. The molecule has 108 valence electrons. The minimum absolute atomic E-state index is 0.401. The van der Waals surface area contributed by atoms with Gasteiger partial charge in [0.25, 0.3) is 5.88 Å². The monoisotopic (exact) mass is 286 g/mol. The van der Waals surface area contributed by atoms with Crippen molar-refractivity contribution in [3.63, 3.8) is 0 Å². The summed E-state index contributed by atoms with van der Waals surface area (Å²) in [4.78, 5) is 12.9. The molecule has 0 unspecified atom stereocenters. The number of nitrogens with zero attached hydrogens (tertiary/aromatic N) is 5. The van der Waals surface area contributed by atoms with Gasteiger partial charge in [-0.2, -0.15) is 0 Å². The van der Waals surface area contributed by atoms with Crippen LogP contribution in [0.1, 0.15) is 11.4 Å². The Morgan fingerprint density at radius 2 is 2.10 bits per heavy atom. The van der Waals surface area contributed by atoms with Crippen LogP contribution in [0.5, 0.6) is 5.88 Å². The van der Waals surface area contributed by atoms with Crippen LogP contribution in [-0.4, -0.2) is 38.4 Å². The van der Waals surface area contributed by atoms with Crippen molar-refractivity contribution in [2.24, 2.45) is 0 Å². The van der Waals surface area contributed by atoms with Crippen molar-refractivity contribution in [1.29, 1.82) is 0 Å². The van der Waals surface area contributed by atoms with Gasteiger partial charge in [0, 0.05) is 5.69 Å². The van der Waals surface area contributed by atoms with E-state index in [9.17, 15) is 0 Å². The SMILES string of the molecule is Cc1ccc2ncnc(NCCOc3nonc3C)c2n1. The van der Waals surface area contributed by atoms with Gasteiger partial charge in [0.05, 0.1) is 12.1 Å². The lowest BCUT2D eigenvalue weighted by Crippen LogP contribution is -2.13. The van der Waals surface area contributed by atoms with E-state index in [1.165, 1.54) is 6.33 Å². The van der Waals surface area contributed by atoms with Crippen molar-refractivity contribution < 1.29 is 9.37 Å². The molecule has 21 heavy (non-hydrogen) atoms. The van der Waals surface area contributed by atoms with Crippen molar-refractivity contribution in [1.82, 2.24) is 25.3 Å². The van der Waals surface area contributed by atoms with Crippen LogP contribution in [0.15, 0.2) is 23.1 Å². The predicted octanol–water partition coefficient (Wildman–Crippen LogP) is 1.52. The van der Waals surface area contributed by atoms with E-state index in [0.717, 1.165) is 16.7 Å². The van der Waals surface area contributed by atoms with E-state index in [1.54, 1.807) is 6.92 Å². The second kappa shape index (κ2) is 5.70. The lowest BCUT2D eigenvalue weighted by atomic mass is 10.3. The van der Waals surface area contributed by atoms with Crippen LogP contribution >= 0.6 is 0 Å². The van der Waals surface area contributed by atoms with Gasteiger partial charge >= 0.3 is 0 Å². The van der Waals surface area contributed by atoms with E-state index in [4.69, 9.17) is 4.74 Å². The molecule has 3 aromatic rings. The van der Waals surface area contributed by atoms with Crippen LogP contribution < -0.4 is 10.1 Å². The van der Waals surface area contributed by atoms with Gasteiger partial charge in [0.1, 0.15) is 24.1 Å². The molecule has 0 radical (unpaired) electrons. The quantitative estimate of drug-likeness (QED) is 0.705. The third-order valence-electron chi connectivity index (χ3n) is 2.87. The van der Waals surface area contributed by atoms with Crippen LogP contribution in [0.4, 0.5) is 5.82 Å². The summed E-state index contributed by atoms with van der Waals surface area (Å²) in [6.07, 6.45) is 1.51. The summed E-state index contributed by atoms with van der Waals surface area (Å²) in [5, 5.41) is 10.5. The highest BCUT2D eigenvalue weighted by molar-refractivity contribution is 5.84. The van der Waals surface area contributed by atoms with E-state index >= 15 is 0 Å². The number of hydrogen-bond acceptors (Lipinski definition) is 8. The summed E-state index contributed by atoms with van der Waals surface area (Å²) >= 11 is 0. The maximum atomic E-state index is 5.44. The zero-order chi connectivity index (χ0) is 14.7. The average Bonchev–Trinajstić information content (AvgIpc) is 2.89. The fourth-order valence-electron chi connectivity index (χ4n) is 1.84. The first kappa shape index (κ1) is 13.2. The van der Waals surface area contributed by atoms with Crippen LogP contribution in [0.3, 0.4) is 0 Å². The molecule has 0 bridgehead atoms. The van der Waals surface area contributed by atoms with E-state index in [-0.39, 0.29) is 0 Å². The third-order valence-corrected chi connectivity index (χ3v) is 2.87. The highest BCUT2D eigenvalue weighted by Gasteiger charge is 2.07. The van der Waals surface area contributed by atoms with Crippen LogP contribution in [-0.2, 0) is 0 Å².